The standard InChI is InChI=1S/C59H39NO/c1-4-15-40(16-5-1)41-27-32-46(33-28-41)60(47-34-29-42(30-35-47)49-24-14-17-43-31-38-56-58(57(43)49)52-23-11-13-26-55(52)61-56)48-36-37-51-50-22-10-12-25-53(50)59(54(51)39-48,44-18-6-2-7-19-44)45-20-8-3-9-21-45/h1-39H. The summed E-state index contributed by atoms with van der Waals surface area (Å²) in [5, 5.41) is 4.70. The summed E-state index contributed by atoms with van der Waals surface area (Å²) in [7, 11) is 0. The number of anilines is 3. The molecule has 1 aliphatic rings. The number of fused-ring (bicyclic) bond motifs is 8. The highest BCUT2D eigenvalue weighted by molar-refractivity contribution is 6.22. The van der Waals surface area contributed by atoms with E-state index >= 15 is 0 Å². The fraction of sp³-hybridized carbons (Fsp3) is 0.0169. The van der Waals surface area contributed by atoms with E-state index in [1.54, 1.807) is 0 Å². The average Bonchev–Trinajstić information content (AvgIpc) is 3.87. The van der Waals surface area contributed by atoms with Gasteiger partial charge in [0.15, 0.2) is 0 Å². The summed E-state index contributed by atoms with van der Waals surface area (Å²) < 4.78 is 6.35. The van der Waals surface area contributed by atoms with Crippen LogP contribution in [0.3, 0.4) is 0 Å². The molecule has 0 radical (unpaired) electrons. The second-order valence-corrected chi connectivity index (χ2v) is 16.0. The Balaban J connectivity index is 1.05. The van der Waals surface area contributed by atoms with Gasteiger partial charge in [0.25, 0.3) is 0 Å². The van der Waals surface area contributed by atoms with Crippen LogP contribution in [-0.4, -0.2) is 0 Å². The third-order valence-electron chi connectivity index (χ3n) is 12.8. The molecule has 11 aromatic rings. The Morgan fingerprint density at radius 2 is 0.885 bits per heavy atom. The van der Waals surface area contributed by atoms with Gasteiger partial charge in [-0.1, -0.05) is 188 Å². The maximum absolute atomic E-state index is 6.35. The van der Waals surface area contributed by atoms with Crippen LogP contribution in [0.15, 0.2) is 241 Å². The van der Waals surface area contributed by atoms with Gasteiger partial charge in [-0.05, 0) is 110 Å². The summed E-state index contributed by atoms with van der Waals surface area (Å²) in [6.07, 6.45) is 0. The number of hydrogen-bond donors (Lipinski definition) is 0. The monoisotopic (exact) mass is 777 g/mol. The quantitative estimate of drug-likeness (QED) is 0.160. The summed E-state index contributed by atoms with van der Waals surface area (Å²) in [5.74, 6) is 0. The molecule has 2 nitrogen and oxygen atoms in total. The lowest BCUT2D eigenvalue weighted by Crippen LogP contribution is -2.28. The number of rotatable bonds is 7. The molecule has 10 aromatic carbocycles. The molecule has 0 saturated heterocycles. The van der Waals surface area contributed by atoms with Crippen molar-refractivity contribution in [3.05, 3.63) is 259 Å². The van der Waals surface area contributed by atoms with Crippen molar-refractivity contribution in [1.82, 2.24) is 0 Å². The van der Waals surface area contributed by atoms with E-state index in [-0.39, 0.29) is 0 Å². The van der Waals surface area contributed by atoms with Crippen molar-refractivity contribution < 1.29 is 4.42 Å². The van der Waals surface area contributed by atoms with Crippen LogP contribution in [0.25, 0.3) is 66.1 Å². The second kappa shape index (κ2) is 14.1. The van der Waals surface area contributed by atoms with Gasteiger partial charge in [-0.2, -0.15) is 0 Å². The molecular weight excluding hydrogens is 739 g/mol. The number of hydrogen-bond acceptors (Lipinski definition) is 2. The van der Waals surface area contributed by atoms with Gasteiger partial charge in [0, 0.05) is 33.2 Å². The first-order chi connectivity index (χ1) is 30.3. The maximum atomic E-state index is 6.35. The molecule has 1 aromatic heterocycles. The largest absolute Gasteiger partial charge is 0.456 e. The first-order valence-electron chi connectivity index (χ1n) is 21.0. The zero-order valence-corrected chi connectivity index (χ0v) is 33.4. The number of para-hydroxylation sites is 1. The molecule has 0 aliphatic heterocycles. The van der Waals surface area contributed by atoms with Crippen LogP contribution >= 0.6 is 0 Å². The highest BCUT2D eigenvalue weighted by atomic mass is 16.3. The fourth-order valence-electron chi connectivity index (χ4n) is 10.1. The van der Waals surface area contributed by atoms with Crippen molar-refractivity contribution in [3.8, 4) is 33.4 Å². The molecule has 0 spiro atoms. The van der Waals surface area contributed by atoms with Gasteiger partial charge in [-0.15, -0.1) is 0 Å². The van der Waals surface area contributed by atoms with E-state index in [0.29, 0.717) is 0 Å². The van der Waals surface area contributed by atoms with Gasteiger partial charge < -0.3 is 9.32 Å². The predicted molar refractivity (Wildman–Crippen MR) is 254 cm³/mol. The minimum atomic E-state index is -0.506. The predicted octanol–water partition coefficient (Wildman–Crippen LogP) is 15.9. The van der Waals surface area contributed by atoms with Crippen LogP contribution in [0.5, 0.6) is 0 Å². The van der Waals surface area contributed by atoms with Crippen molar-refractivity contribution in [3.63, 3.8) is 0 Å². The molecule has 1 heterocycles. The summed E-state index contributed by atoms with van der Waals surface area (Å²) in [6.45, 7) is 0. The molecule has 0 unspecified atom stereocenters. The fourth-order valence-corrected chi connectivity index (χ4v) is 10.1. The number of nitrogens with zero attached hydrogens (tertiary/aromatic N) is 1. The van der Waals surface area contributed by atoms with Crippen LogP contribution in [0.1, 0.15) is 22.3 Å². The Bertz CT molecular complexity index is 3350. The van der Waals surface area contributed by atoms with E-state index in [1.807, 2.05) is 6.07 Å². The van der Waals surface area contributed by atoms with Crippen molar-refractivity contribution in [2.45, 2.75) is 5.41 Å². The minimum absolute atomic E-state index is 0.506. The molecular formula is C59H39NO. The van der Waals surface area contributed by atoms with Gasteiger partial charge in [-0.25, -0.2) is 0 Å². The third kappa shape index (κ3) is 5.50. The van der Waals surface area contributed by atoms with Crippen molar-refractivity contribution >= 4 is 49.8 Å². The van der Waals surface area contributed by atoms with Gasteiger partial charge in [0.1, 0.15) is 11.2 Å². The molecule has 286 valence electrons. The highest BCUT2D eigenvalue weighted by Gasteiger charge is 2.46. The molecule has 0 bridgehead atoms. The van der Waals surface area contributed by atoms with E-state index in [2.05, 4.69) is 235 Å². The number of furan rings is 1. The Morgan fingerprint density at radius 1 is 0.328 bits per heavy atom. The Labute approximate surface area is 355 Å². The van der Waals surface area contributed by atoms with Crippen LogP contribution in [0.2, 0.25) is 0 Å². The Kier molecular flexibility index (Phi) is 8.11. The van der Waals surface area contributed by atoms with E-state index < -0.39 is 5.41 Å². The molecule has 0 atom stereocenters. The van der Waals surface area contributed by atoms with Gasteiger partial charge in [-0.3, -0.25) is 0 Å². The Morgan fingerprint density at radius 3 is 1.61 bits per heavy atom. The molecule has 0 saturated carbocycles. The molecule has 0 N–H and O–H groups in total. The average molecular weight is 778 g/mol. The minimum Gasteiger partial charge on any atom is -0.456 e. The maximum Gasteiger partial charge on any atom is 0.136 e. The van der Waals surface area contributed by atoms with Crippen molar-refractivity contribution in [2.75, 3.05) is 4.90 Å². The molecule has 12 rings (SSSR count). The first kappa shape index (κ1) is 35.0. The Hall–Kier alpha value is -7.94. The molecule has 1 aliphatic carbocycles. The zero-order valence-electron chi connectivity index (χ0n) is 33.4. The van der Waals surface area contributed by atoms with Gasteiger partial charge in [0.2, 0.25) is 0 Å². The van der Waals surface area contributed by atoms with Crippen molar-refractivity contribution in [2.24, 2.45) is 0 Å². The van der Waals surface area contributed by atoms with Crippen molar-refractivity contribution in [1.29, 1.82) is 0 Å². The SMILES string of the molecule is c1ccc(-c2ccc(N(c3ccc(-c4cccc5ccc6oc7ccccc7c6c45)cc3)c3ccc4c(c3)C(c3ccccc3)(c3ccccc3)c3ccccc3-4)cc2)cc1. The summed E-state index contributed by atoms with van der Waals surface area (Å²) >= 11 is 0. The lowest BCUT2D eigenvalue weighted by Gasteiger charge is -2.35. The zero-order chi connectivity index (χ0) is 40.3. The third-order valence-corrected chi connectivity index (χ3v) is 12.8. The normalized spacial score (nSPS) is 12.7. The molecule has 61 heavy (non-hydrogen) atoms. The van der Waals surface area contributed by atoms with E-state index in [1.165, 1.54) is 60.8 Å². The summed E-state index contributed by atoms with van der Waals surface area (Å²) in [5.41, 5.74) is 16.9. The van der Waals surface area contributed by atoms with Crippen LogP contribution in [-0.2, 0) is 5.41 Å². The lowest BCUT2D eigenvalue weighted by molar-refractivity contribution is 0.669. The highest BCUT2D eigenvalue weighted by Crippen LogP contribution is 2.57. The number of benzene rings is 10. The van der Waals surface area contributed by atoms with E-state index in [9.17, 15) is 0 Å². The smallest absolute Gasteiger partial charge is 0.136 e. The molecule has 0 fully saturated rings. The van der Waals surface area contributed by atoms with Crippen LogP contribution < -0.4 is 4.90 Å². The summed E-state index contributed by atoms with van der Waals surface area (Å²) in [4.78, 5) is 2.41. The van der Waals surface area contributed by atoms with E-state index in [0.717, 1.165) is 44.6 Å². The lowest BCUT2D eigenvalue weighted by atomic mass is 9.67. The van der Waals surface area contributed by atoms with Gasteiger partial charge >= 0.3 is 0 Å². The first-order valence-corrected chi connectivity index (χ1v) is 21.0. The topological polar surface area (TPSA) is 16.4 Å². The van der Waals surface area contributed by atoms with E-state index in [4.69, 9.17) is 4.42 Å². The molecule has 0 amide bonds. The molecule has 2 heteroatoms. The van der Waals surface area contributed by atoms with Crippen LogP contribution in [0.4, 0.5) is 17.1 Å². The summed E-state index contributed by atoms with van der Waals surface area (Å²) in [6, 6.07) is 86.0. The second-order valence-electron chi connectivity index (χ2n) is 16.0. The van der Waals surface area contributed by atoms with Crippen LogP contribution in [0, 0.1) is 0 Å². The van der Waals surface area contributed by atoms with Gasteiger partial charge in [0.05, 0.1) is 5.41 Å².